The first-order chi connectivity index (χ1) is 47.7. The summed E-state index contributed by atoms with van der Waals surface area (Å²) in [6.45, 7) is 15.2. The lowest BCUT2D eigenvalue weighted by atomic mass is 10.00. The van der Waals surface area contributed by atoms with E-state index in [1.54, 1.807) is 114 Å². The van der Waals surface area contributed by atoms with Crippen molar-refractivity contribution in [2.45, 2.75) is 155 Å². The number of likely N-dealkylation sites (N-methyl/N-ethyl adjacent to an activating group) is 2. The van der Waals surface area contributed by atoms with Gasteiger partial charge in [-0.25, -0.2) is 37.5 Å². The Morgan fingerprint density at radius 3 is 1.29 bits per heavy atom. The number of benzene rings is 4. The van der Waals surface area contributed by atoms with Crippen LogP contribution >= 0.6 is 0 Å². The number of nitriles is 2. The summed E-state index contributed by atoms with van der Waals surface area (Å²) in [5.74, 6) is -3.68. The Morgan fingerprint density at radius 2 is 0.922 bits per heavy atom. The molecule has 4 aromatic carbocycles. The maximum absolute atomic E-state index is 14.7. The van der Waals surface area contributed by atoms with Crippen LogP contribution in [0.5, 0.6) is 0 Å². The van der Waals surface area contributed by atoms with Gasteiger partial charge in [0.05, 0.1) is 23.3 Å². The lowest BCUT2D eigenvalue weighted by Gasteiger charge is -2.32. The Morgan fingerprint density at radius 1 is 0.558 bits per heavy atom. The number of carbonyl (C=O) groups excluding carboxylic acids is 5. The lowest BCUT2D eigenvalue weighted by molar-refractivity contribution is -0.172. The number of ether oxygens (including phenoxy) is 5. The van der Waals surface area contributed by atoms with Crippen molar-refractivity contribution in [1.29, 1.82) is 10.5 Å². The molecule has 0 bridgehead atoms. The van der Waals surface area contributed by atoms with Crippen LogP contribution in [0.2, 0.25) is 0 Å². The standard InChI is InChI=1S/C29H35FN2O6.C17H15NO3.C12H22FNO4.12H2/c1-28(2,3)38-27(35)32(6)23(17-29(4,5)30)25(33)37-24(16-20-12-14-21(18-31)15-13-20)26(34)36-19-22-10-8-7-9-11-22;18-11-14-8-6-13(7-9-14)10-16(19)17(20)21-12-15-4-2-1-3-5-15;1-11(2,3)18-10(17)14(6)8(9(15)16)7-12(4,5)13;;;;;;;;;;;;/h7-15,23-24H,16-17,19H2,1-6H3;1-9,16,19H,10,12H2;8H,7H2,1-6H3,(H,15,16);12*1H/t23-,24+;16-;8-;;;;;;;;;;;;/m010............/s1/i;;;12*1+1D. The number of esters is 3. The molecule has 4 rings (SSSR count). The molecule has 0 radical (unpaired) electrons. The fourth-order valence-corrected chi connectivity index (χ4v) is 6.60. The minimum Gasteiger partial charge on any atom is -0.480 e. The molecule has 0 fully saturated rings. The van der Waals surface area contributed by atoms with Gasteiger partial charge in [0.15, 0.2) is 6.10 Å². The van der Waals surface area contributed by atoms with Gasteiger partial charge in [0.1, 0.15) is 47.8 Å². The SMILES string of the molecule is CN(C(=O)OC(C)(C)C)[C@@H](CC(C)(C)F)C(=O)O.CN(C(=O)OC(C)(C)C)[C@@H](CC(C)(C)F)C(=O)O[C@H](Cc1ccc(C#N)cc1)C(=O)OCc1ccccc1.N#Cc1ccc(C[C@@H](O)C(=O)OCc2ccccc2)cc1.[2H][2H].[2H][2H].[2H][2H].[2H][2H].[2H][2H].[2H][2H].[2H][2H].[2H][2H].[2H][2H].[2H][2H].[2H][2H].[2H][2H]. The smallest absolute Gasteiger partial charge is 0.410 e. The monoisotopic (exact) mass is 1120 g/mol. The second-order valence-electron chi connectivity index (χ2n) is 21.1. The number of aliphatic hydroxyl groups excluding tert-OH is 1. The molecule has 0 aliphatic carbocycles. The normalized spacial score (nSPS) is 14.0. The quantitative estimate of drug-likeness (QED) is 0.0655. The zero-order valence-electron chi connectivity index (χ0n) is 69.9. The van der Waals surface area contributed by atoms with E-state index in [-0.39, 0.29) is 38.9 Å². The molecule has 0 unspecified atom stereocenters. The van der Waals surface area contributed by atoms with Crippen LogP contribution in [0.3, 0.4) is 0 Å². The van der Waals surface area contributed by atoms with Gasteiger partial charge < -0.3 is 33.9 Å². The third kappa shape index (κ3) is 26.4. The zero-order valence-corrected chi connectivity index (χ0v) is 45.9. The van der Waals surface area contributed by atoms with Gasteiger partial charge in [0.25, 0.3) is 0 Å². The first-order valence-corrected chi connectivity index (χ1v) is 24.5. The molecular formula is C58H96F2N4O13. The van der Waals surface area contributed by atoms with Crippen LogP contribution in [0.4, 0.5) is 18.4 Å². The Bertz CT molecular complexity index is 2690. The Labute approximate surface area is 487 Å². The summed E-state index contributed by atoms with van der Waals surface area (Å²) in [6, 6.07) is 32.9. The van der Waals surface area contributed by atoms with Crippen LogP contribution in [0.1, 0.15) is 151 Å². The first-order valence-electron chi connectivity index (χ1n) is 36.5. The average Bonchev–Trinajstić information content (AvgIpc) is 0.843. The number of carboxylic acid groups (broad SMARTS) is 1. The van der Waals surface area contributed by atoms with Gasteiger partial charge >= 0.3 is 36.1 Å². The highest BCUT2D eigenvalue weighted by molar-refractivity contribution is 5.85. The van der Waals surface area contributed by atoms with Crippen LogP contribution in [-0.4, -0.2) is 117 Å². The van der Waals surface area contributed by atoms with E-state index in [1.165, 1.54) is 41.8 Å². The third-order valence-corrected chi connectivity index (χ3v) is 10.5. The van der Waals surface area contributed by atoms with Crippen LogP contribution in [-0.2, 0) is 68.9 Å². The van der Waals surface area contributed by atoms with Crippen molar-refractivity contribution in [2.75, 3.05) is 14.1 Å². The predicted molar refractivity (Wildman–Crippen MR) is 306 cm³/mol. The fraction of sp³-hybridized carbons (Fsp3) is 0.448. The number of alkyl halides is 2. The molecule has 77 heavy (non-hydrogen) atoms. The highest BCUT2D eigenvalue weighted by Gasteiger charge is 2.39. The molecule has 17 nitrogen and oxygen atoms in total. The van der Waals surface area contributed by atoms with E-state index in [1.807, 2.05) is 48.5 Å². The second-order valence-corrected chi connectivity index (χ2v) is 21.1. The number of carbonyl (C=O) groups is 6. The highest BCUT2D eigenvalue weighted by atomic mass is 19.1. The van der Waals surface area contributed by atoms with E-state index in [9.17, 15) is 42.7 Å². The summed E-state index contributed by atoms with van der Waals surface area (Å²) < 4.78 is 175. The molecule has 4 aromatic rings. The maximum atomic E-state index is 14.7. The Kier molecular flexibility index (Phi) is 18.5. The summed E-state index contributed by atoms with van der Waals surface area (Å²) in [7, 11) is 2.60. The summed E-state index contributed by atoms with van der Waals surface area (Å²) in [6.07, 6.45) is -4.76. The van der Waals surface area contributed by atoms with Crippen LogP contribution in [0, 0.1) is 22.7 Å². The number of amides is 2. The van der Waals surface area contributed by atoms with Crippen molar-refractivity contribution in [1.82, 2.24) is 9.80 Å². The Hall–Kier alpha value is -7.90. The van der Waals surface area contributed by atoms with Gasteiger partial charge in [-0.2, -0.15) is 10.5 Å². The zero-order chi connectivity index (χ0) is 82.3. The molecule has 0 aromatic heterocycles. The topological polar surface area (TPSA) is 243 Å². The van der Waals surface area contributed by atoms with Crippen LogP contribution in [0.15, 0.2) is 109 Å². The number of aliphatic carboxylic acids is 1. The van der Waals surface area contributed by atoms with E-state index in [4.69, 9.17) is 74.9 Å². The summed E-state index contributed by atoms with van der Waals surface area (Å²) >= 11 is 0. The number of rotatable bonds is 19. The fourth-order valence-electron chi connectivity index (χ4n) is 6.60. The molecule has 0 saturated carbocycles. The highest BCUT2D eigenvalue weighted by Crippen LogP contribution is 2.24. The minimum absolute atomic E-state index is 0.0418. The van der Waals surface area contributed by atoms with Gasteiger partial charge in [-0.05, 0) is 116 Å². The van der Waals surface area contributed by atoms with Crippen molar-refractivity contribution in [3.8, 4) is 12.1 Å². The number of nitrogens with zero attached hydrogens (tertiary/aromatic N) is 4. The van der Waals surface area contributed by atoms with E-state index in [0.717, 1.165) is 26.5 Å². The van der Waals surface area contributed by atoms with E-state index >= 15 is 0 Å². The maximum Gasteiger partial charge on any atom is 0.410 e. The molecule has 0 spiro atoms. The molecule has 0 aliphatic heterocycles. The number of hydrogen-bond acceptors (Lipinski definition) is 14. The molecule has 0 saturated heterocycles. The first kappa shape index (κ1) is 47.5. The number of carboxylic acids is 1. The number of aliphatic hydroxyl groups is 1. The van der Waals surface area contributed by atoms with Crippen LogP contribution < -0.4 is 0 Å². The molecule has 0 aliphatic rings. The van der Waals surface area contributed by atoms with Gasteiger partial charge in [-0.3, -0.25) is 9.80 Å². The molecule has 4 atom stereocenters. The van der Waals surface area contributed by atoms with E-state index in [0.29, 0.717) is 16.7 Å². The van der Waals surface area contributed by atoms with Crippen LogP contribution in [0.25, 0.3) is 0 Å². The largest absolute Gasteiger partial charge is 0.480 e. The van der Waals surface area contributed by atoms with E-state index < -0.39 is 82.9 Å². The van der Waals surface area contributed by atoms with E-state index in [2.05, 4.69) is 0 Å². The second kappa shape index (κ2) is 30.0. The van der Waals surface area contributed by atoms with Gasteiger partial charge in [0, 0.05) is 75.4 Å². The third-order valence-electron chi connectivity index (χ3n) is 10.5. The van der Waals surface area contributed by atoms with Crippen molar-refractivity contribution >= 4 is 36.1 Å². The number of halogens is 2. The minimum atomic E-state index is -1.84. The predicted octanol–water partition coefficient (Wildman–Crippen LogP) is 12.7. The molecule has 2 amide bonds. The number of hydrogen-bond donors (Lipinski definition) is 2. The molecule has 440 valence electrons. The molecule has 2 N–H and O–H groups in total. The van der Waals surface area contributed by atoms with Gasteiger partial charge in [-0.15, -0.1) is 0 Å². The summed E-state index contributed by atoms with van der Waals surface area (Å²) in [5, 5.41) is 36.6. The van der Waals surface area contributed by atoms with Crippen molar-refractivity contribution in [2.24, 2.45) is 0 Å². The average molecular weight is 1120 g/mol. The van der Waals surface area contributed by atoms with Crippen molar-refractivity contribution < 1.29 is 107 Å². The van der Waals surface area contributed by atoms with Gasteiger partial charge in [0.2, 0.25) is 6.10 Å². The molecule has 19 heteroatoms. The summed E-state index contributed by atoms with van der Waals surface area (Å²) in [5.41, 5.74) is -1.11. The van der Waals surface area contributed by atoms with Crippen molar-refractivity contribution in [3.63, 3.8) is 0 Å². The molecule has 0 heterocycles. The lowest BCUT2D eigenvalue weighted by Crippen LogP contribution is -2.49. The summed E-state index contributed by atoms with van der Waals surface area (Å²) in [4.78, 5) is 75.4. The molecular weight excluding hydrogens is 999 g/mol. The Balaban J connectivity index is -0.000000122. The van der Waals surface area contributed by atoms with Crippen molar-refractivity contribution in [3.05, 3.63) is 143 Å². The van der Waals surface area contributed by atoms with Gasteiger partial charge in [-0.1, -0.05) is 84.9 Å².